The second-order valence-electron chi connectivity index (χ2n) is 3.36. The summed E-state index contributed by atoms with van der Waals surface area (Å²) in [5.41, 5.74) is 2.02. The normalized spacial score (nSPS) is 10.5. The van der Waals surface area contributed by atoms with Crippen molar-refractivity contribution in [3.63, 3.8) is 0 Å². The summed E-state index contributed by atoms with van der Waals surface area (Å²) in [6, 6.07) is 8.26. The lowest BCUT2D eigenvalue weighted by molar-refractivity contribution is 0.545. The van der Waals surface area contributed by atoms with E-state index in [1.807, 2.05) is 19.9 Å². The molecule has 0 amide bonds. The van der Waals surface area contributed by atoms with Crippen LogP contribution in [0.2, 0.25) is 0 Å². The number of benzene rings is 1. The summed E-state index contributed by atoms with van der Waals surface area (Å²) in [6.45, 7) is 3.91. The fourth-order valence-corrected chi connectivity index (χ4v) is 1.33. The van der Waals surface area contributed by atoms with Crippen molar-refractivity contribution < 1.29 is 8.81 Å². The lowest BCUT2D eigenvalue weighted by Crippen LogP contribution is -1.75. The smallest absolute Gasteiger partial charge is 0.134 e. The van der Waals surface area contributed by atoms with E-state index in [4.69, 9.17) is 4.42 Å². The van der Waals surface area contributed by atoms with Crippen molar-refractivity contribution in [1.29, 1.82) is 0 Å². The number of furan rings is 1. The SMILES string of the molecule is Cc1cc(-c2ccc(F)cc2)oc1C. The van der Waals surface area contributed by atoms with Gasteiger partial charge in [0.15, 0.2) is 0 Å². The second-order valence-corrected chi connectivity index (χ2v) is 3.36. The van der Waals surface area contributed by atoms with E-state index in [0.29, 0.717) is 0 Å². The highest BCUT2D eigenvalue weighted by atomic mass is 19.1. The first kappa shape index (κ1) is 9.00. The molecule has 2 aromatic rings. The van der Waals surface area contributed by atoms with Gasteiger partial charge < -0.3 is 4.42 Å². The molecule has 2 rings (SSSR count). The zero-order valence-electron chi connectivity index (χ0n) is 8.17. The topological polar surface area (TPSA) is 13.1 Å². The van der Waals surface area contributed by atoms with Crippen molar-refractivity contribution in [2.75, 3.05) is 0 Å². The minimum absolute atomic E-state index is 0.228. The fraction of sp³-hybridized carbons (Fsp3) is 0.167. The van der Waals surface area contributed by atoms with Crippen LogP contribution in [-0.2, 0) is 0 Å². The van der Waals surface area contributed by atoms with Crippen LogP contribution >= 0.6 is 0 Å². The summed E-state index contributed by atoms with van der Waals surface area (Å²) in [5, 5.41) is 0. The maximum atomic E-state index is 12.7. The third-order valence-corrected chi connectivity index (χ3v) is 2.29. The Hall–Kier alpha value is -1.57. The van der Waals surface area contributed by atoms with Gasteiger partial charge in [-0.15, -0.1) is 0 Å². The van der Waals surface area contributed by atoms with Gasteiger partial charge >= 0.3 is 0 Å². The molecular weight excluding hydrogens is 179 g/mol. The Morgan fingerprint density at radius 3 is 2.21 bits per heavy atom. The molecule has 0 radical (unpaired) electrons. The molecule has 0 aliphatic heterocycles. The Bertz CT molecular complexity index is 420. The van der Waals surface area contributed by atoms with E-state index in [9.17, 15) is 4.39 Å². The molecule has 0 bridgehead atoms. The van der Waals surface area contributed by atoms with E-state index in [0.717, 1.165) is 22.6 Å². The molecule has 0 atom stereocenters. The molecule has 1 aromatic heterocycles. The minimum Gasteiger partial charge on any atom is -0.461 e. The van der Waals surface area contributed by atoms with Gasteiger partial charge in [-0.2, -0.15) is 0 Å². The van der Waals surface area contributed by atoms with E-state index in [1.54, 1.807) is 12.1 Å². The largest absolute Gasteiger partial charge is 0.461 e. The Labute approximate surface area is 82.2 Å². The fourth-order valence-electron chi connectivity index (χ4n) is 1.33. The van der Waals surface area contributed by atoms with Crippen LogP contribution < -0.4 is 0 Å². The van der Waals surface area contributed by atoms with Crippen molar-refractivity contribution in [3.05, 3.63) is 47.5 Å². The third-order valence-electron chi connectivity index (χ3n) is 2.29. The molecule has 0 saturated heterocycles. The summed E-state index contributed by atoms with van der Waals surface area (Å²) in [5.74, 6) is 1.47. The van der Waals surface area contributed by atoms with E-state index < -0.39 is 0 Å². The van der Waals surface area contributed by atoms with Gasteiger partial charge in [0.2, 0.25) is 0 Å². The monoisotopic (exact) mass is 190 g/mol. The van der Waals surface area contributed by atoms with E-state index in [2.05, 4.69) is 0 Å². The summed E-state index contributed by atoms with van der Waals surface area (Å²) in [4.78, 5) is 0. The first-order chi connectivity index (χ1) is 6.66. The van der Waals surface area contributed by atoms with Crippen LogP contribution in [0.1, 0.15) is 11.3 Å². The van der Waals surface area contributed by atoms with Crippen molar-refractivity contribution >= 4 is 0 Å². The van der Waals surface area contributed by atoms with Crippen LogP contribution in [0.4, 0.5) is 4.39 Å². The van der Waals surface area contributed by atoms with Gasteiger partial charge in [-0.3, -0.25) is 0 Å². The molecular formula is C12H11FO. The van der Waals surface area contributed by atoms with E-state index >= 15 is 0 Å². The predicted molar refractivity (Wildman–Crippen MR) is 53.6 cm³/mol. The summed E-state index contributed by atoms with van der Waals surface area (Å²) < 4.78 is 18.2. The number of halogens is 1. The second kappa shape index (κ2) is 3.29. The van der Waals surface area contributed by atoms with Gasteiger partial charge in [0, 0.05) is 5.56 Å². The summed E-state index contributed by atoms with van der Waals surface area (Å²) >= 11 is 0. The van der Waals surface area contributed by atoms with E-state index in [1.165, 1.54) is 12.1 Å². The van der Waals surface area contributed by atoms with Crippen LogP contribution in [-0.4, -0.2) is 0 Å². The Morgan fingerprint density at radius 2 is 1.71 bits per heavy atom. The molecule has 0 aliphatic carbocycles. The summed E-state index contributed by atoms with van der Waals surface area (Å²) in [7, 11) is 0. The Balaban J connectivity index is 2.44. The number of hydrogen-bond acceptors (Lipinski definition) is 1. The molecule has 0 spiro atoms. The van der Waals surface area contributed by atoms with Crippen LogP contribution in [0.3, 0.4) is 0 Å². The van der Waals surface area contributed by atoms with Gasteiger partial charge in [-0.1, -0.05) is 0 Å². The van der Waals surface area contributed by atoms with Crippen LogP contribution in [0, 0.1) is 19.7 Å². The van der Waals surface area contributed by atoms with Gasteiger partial charge in [0.05, 0.1) is 0 Å². The van der Waals surface area contributed by atoms with Gasteiger partial charge in [0.25, 0.3) is 0 Å². The minimum atomic E-state index is -0.228. The number of hydrogen-bond donors (Lipinski definition) is 0. The Kier molecular flexibility index (Phi) is 2.12. The predicted octanol–water partition coefficient (Wildman–Crippen LogP) is 3.70. The first-order valence-electron chi connectivity index (χ1n) is 4.50. The average Bonchev–Trinajstić information content (AvgIpc) is 2.48. The molecule has 0 saturated carbocycles. The molecule has 0 fully saturated rings. The first-order valence-corrected chi connectivity index (χ1v) is 4.50. The number of rotatable bonds is 1. The van der Waals surface area contributed by atoms with Crippen LogP contribution in [0.5, 0.6) is 0 Å². The third kappa shape index (κ3) is 1.55. The molecule has 1 heterocycles. The molecule has 0 aliphatic rings. The molecule has 2 heteroatoms. The highest BCUT2D eigenvalue weighted by Gasteiger charge is 2.05. The van der Waals surface area contributed by atoms with Gasteiger partial charge in [-0.25, -0.2) is 4.39 Å². The van der Waals surface area contributed by atoms with Crippen LogP contribution in [0.25, 0.3) is 11.3 Å². The maximum absolute atomic E-state index is 12.7. The number of aryl methyl sites for hydroxylation is 2. The van der Waals surface area contributed by atoms with Crippen molar-refractivity contribution in [2.45, 2.75) is 13.8 Å². The highest BCUT2D eigenvalue weighted by Crippen LogP contribution is 2.24. The van der Waals surface area contributed by atoms with Crippen molar-refractivity contribution in [2.24, 2.45) is 0 Å². The molecule has 14 heavy (non-hydrogen) atoms. The van der Waals surface area contributed by atoms with Crippen molar-refractivity contribution in [1.82, 2.24) is 0 Å². The van der Waals surface area contributed by atoms with Gasteiger partial charge in [0.1, 0.15) is 17.3 Å². The highest BCUT2D eigenvalue weighted by molar-refractivity contribution is 5.58. The zero-order chi connectivity index (χ0) is 10.1. The maximum Gasteiger partial charge on any atom is 0.134 e. The molecule has 0 unspecified atom stereocenters. The standard InChI is InChI=1S/C12H11FO/c1-8-7-12(14-9(8)2)10-3-5-11(13)6-4-10/h3-7H,1-2H3. The Morgan fingerprint density at radius 1 is 1.07 bits per heavy atom. The van der Waals surface area contributed by atoms with Crippen LogP contribution in [0.15, 0.2) is 34.7 Å². The lowest BCUT2D eigenvalue weighted by Gasteiger charge is -1.95. The average molecular weight is 190 g/mol. The molecule has 1 nitrogen and oxygen atoms in total. The van der Waals surface area contributed by atoms with Crippen molar-refractivity contribution in [3.8, 4) is 11.3 Å². The molecule has 72 valence electrons. The van der Waals surface area contributed by atoms with Gasteiger partial charge in [-0.05, 0) is 49.7 Å². The zero-order valence-corrected chi connectivity index (χ0v) is 8.17. The molecule has 0 N–H and O–H groups in total. The molecule has 1 aromatic carbocycles. The quantitative estimate of drug-likeness (QED) is 0.668. The lowest BCUT2D eigenvalue weighted by atomic mass is 10.1. The van der Waals surface area contributed by atoms with E-state index in [-0.39, 0.29) is 5.82 Å². The summed E-state index contributed by atoms with van der Waals surface area (Å²) in [6.07, 6.45) is 0.